The van der Waals surface area contributed by atoms with E-state index in [4.69, 9.17) is 0 Å². The largest absolute Gasteiger partial charge is 0.388 e. The summed E-state index contributed by atoms with van der Waals surface area (Å²) >= 11 is 3.47. The molecule has 1 aliphatic rings. The molecule has 18 heavy (non-hydrogen) atoms. The number of halogens is 1. The first-order valence-electron chi connectivity index (χ1n) is 6.25. The van der Waals surface area contributed by atoms with Gasteiger partial charge in [-0.25, -0.2) is 4.98 Å². The van der Waals surface area contributed by atoms with Crippen molar-refractivity contribution in [1.29, 1.82) is 0 Å². The summed E-state index contributed by atoms with van der Waals surface area (Å²) in [6.45, 7) is 6.24. The second-order valence-corrected chi connectivity index (χ2v) is 5.81. The number of aromatic nitrogens is 2. The number of anilines is 2. The van der Waals surface area contributed by atoms with E-state index in [1.54, 1.807) is 6.20 Å². The predicted octanol–water partition coefficient (Wildman–Crippen LogP) is 2.02. The molecule has 0 aromatic carbocycles. The van der Waals surface area contributed by atoms with Crippen LogP contribution < -0.4 is 10.2 Å². The van der Waals surface area contributed by atoms with Crippen molar-refractivity contribution in [2.75, 3.05) is 29.9 Å². The first-order valence-corrected chi connectivity index (χ1v) is 7.05. The fraction of sp³-hybridized carbons (Fsp3) is 0.667. The molecule has 1 atom stereocenters. The van der Waals surface area contributed by atoms with E-state index in [2.05, 4.69) is 43.0 Å². The van der Waals surface area contributed by atoms with E-state index in [1.807, 2.05) is 6.92 Å². The lowest BCUT2D eigenvalue weighted by atomic mass is 10.1. The maximum atomic E-state index is 10.0. The van der Waals surface area contributed by atoms with Crippen molar-refractivity contribution in [2.45, 2.75) is 32.3 Å². The van der Waals surface area contributed by atoms with Crippen LogP contribution in [0.3, 0.4) is 0 Å². The van der Waals surface area contributed by atoms with Crippen LogP contribution in [-0.4, -0.2) is 40.3 Å². The molecule has 1 aromatic heterocycles. The summed E-state index contributed by atoms with van der Waals surface area (Å²) < 4.78 is 0.863. The quantitative estimate of drug-likeness (QED) is 0.890. The molecule has 1 aliphatic heterocycles. The average molecular weight is 315 g/mol. The highest BCUT2D eigenvalue weighted by Gasteiger charge is 2.33. The maximum absolute atomic E-state index is 10.0. The van der Waals surface area contributed by atoms with Crippen molar-refractivity contribution in [1.82, 2.24) is 9.97 Å². The van der Waals surface area contributed by atoms with E-state index in [1.165, 1.54) is 0 Å². The summed E-state index contributed by atoms with van der Waals surface area (Å²) in [5, 5.41) is 13.2. The van der Waals surface area contributed by atoms with Crippen molar-refractivity contribution in [3.05, 3.63) is 10.7 Å². The van der Waals surface area contributed by atoms with Crippen LogP contribution >= 0.6 is 15.9 Å². The maximum Gasteiger partial charge on any atom is 0.224 e. The summed E-state index contributed by atoms with van der Waals surface area (Å²) in [6.07, 6.45) is 3.56. The topological polar surface area (TPSA) is 61.3 Å². The Morgan fingerprint density at radius 1 is 1.61 bits per heavy atom. The van der Waals surface area contributed by atoms with E-state index in [9.17, 15) is 5.11 Å². The normalized spacial score (nSPS) is 23.4. The molecule has 0 aliphatic carbocycles. The molecule has 0 amide bonds. The third kappa shape index (κ3) is 3.11. The summed E-state index contributed by atoms with van der Waals surface area (Å²) in [5.74, 6) is 1.49. The molecule has 2 rings (SSSR count). The number of hydrogen-bond donors (Lipinski definition) is 2. The van der Waals surface area contributed by atoms with Gasteiger partial charge in [0.05, 0.1) is 10.1 Å². The molecule has 1 unspecified atom stereocenters. The zero-order valence-electron chi connectivity index (χ0n) is 10.8. The van der Waals surface area contributed by atoms with Crippen molar-refractivity contribution in [3.8, 4) is 0 Å². The van der Waals surface area contributed by atoms with Crippen LogP contribution in [0.2, 0.25) is 0 Å². The van der Waals surface area contributed by atoms with Crippen LogP contribution in [0.1, 0.15) is 26.7 Å². The van der Waals surface area contributed by atoms with E-state index in [0.717, 1.165) is 36.2 Å². The monoisotopic (exact) mass is 314 g/mol. The van der Waals surface area contributed by atoms with Crippen molar-refractivity contribution >= 4 is 27.7 Å². The minimum atomic E-state index is -0.624. The lowest BCUT2D eigenvalue weighted by Crippen LogP contribution is -2.30. The van der Waals surface area contributed by atoms with Crippen molar-refractivity contribution in [3.63, 3.8) is 0 Å². The standard InChI is InChI=1S/C12H19BrN4O/c1-3-5-14-11-15-7-9(13)10(16-11)17-6-4-12(2,18)8-17/h7,18H,3-6,8H2,1-2H3,(H,14,15,16). The number of aliphatic hydroxyl groups is 1. The molecule has 0 bridgehead atoms. The van der Waals surface area contributed by atoms with Crippen LogP contribution in [0.4, 0.5) is 11.8 Å². The second kappa shape index (κ2) is 5.40. The van der Waals surface area contributed by atoms with Crippen LogP contribution in [0.15, 0.2) is 10.7 Å². The number of nitrogens with zero attached hydrogens (tertiary/aromatic N) is 3. The average Bonchev–Trinajstić information content (AvgIpc) is 2.68. The van der Waals surface area contributed by atoms with Gasteiger partial charge in [0.25, 0.3) is 0 Å². The Labute approximate surface area is 116 Å². The van der Waals surface area contributed by atoms with Gasteiger partial charge in [0.15, 0.2) is 0 Å². The fourth-order valence-corrected chi connectivity index (χ4v) is 2.47. The molecular formula is C12H19BrN4O. The Morgan fingerprint density at radius 3 is 3.00 bits per heavy atom. The Hall–Kier alpha value is -0.880. The van der Waals surface area contributed by atoms with Gasteiger partial charge < -0.3 is 15.3 Å². The lowest BCUT2D eigenvalue weighted by molar-refractivity contribution is 0.0839. The molecule has 2 heterocycles. The number of rotatable bonds is 4. The molecule has 0 radical (unpaired) electrons. The number of β-amino-alcohol motifs (C(OH)–C–C–N with tert-alkyl or cyclic N) is 1. The van der Waals surface area contributed by atoms with Gasteiger partial charge in [-0.05, 0) is 35.7 Å². The van der Waals surface area contributed by atoms with Gasteiger partial charge >= 0.3 is 0 Å². The molecule has 1 fully saturated rings. The molecule has 1 aromatic rings. The molecule has 0 saturated carbocycles. The summed E-state index contributed by atoms with van der Waals surface area (Å²) in [7, 11) is 0. The highest BCUT2D eigenvalue weighted by atomic mass is 79.9. The first kappa shape index (κ1) is 13.5. The fourth-order valence-electron chi connectivity index (χ4n) is 2.03. The Balaban J connectivity index is 2.16. The van der Waals surface area contributed by atoms with E-state index >= 15 is 0 Å². The molecule has 5 nitrogen and oxygen atoms in total. The second-order valence-electron chi connectivity index (χ2n) is 4.96. The summed E-state index contributed by atoms with van der Waals surface area (Å²) in [4.78, 5) is 10.8. The van der Waals surface area contributed by atoms with Crippen molar-refractivity contribution < 1.29 is 5.11 Å². The summed E-state index contributed by atoms with van der Waals surface area (Å²) in [6, 6.07) is 0. The zero-order chi connectivity index (χ0) is 13.2. The van der Waals surface area contributed by atoms with Gasteiger partial charge in [0.2, 0.25) is 5.95 Å². The molecule has 1 saturated heterocycles. The van der Waals surface area contributed by atoms with Crippen LogP contribution in [0, 0.1) is 0 Å². The van der Waals surface area contributed by atoms with Gasteiger partial charge in [-0.1, -0.05) is 6.92 Å². The zero-order valence-corrected chi connectivity index (χ0v) is 12.4. The lowest BCUT2D eigenvalue weighted by Gasteiger charge is -2.21. The van der Waals surface area contributed by atoms with E-state index in [0.29, 0.717) is 12.5 Å². The van der Waals surface area contributed by atoms with Crippen LogP contribution in [0.25, 0.3) is 0 Å². The molecule has 100 valence electrons. The Kier molecular flexibility index (Phi) is 4.07. The van der Waals surface area contributed by atoms with Gasteiger partial charge in [0.1, 0.15) is 5.82 Å². The molecular weight excluding hydrogens is 296 g/mol. The van der Waals surface area contributed by atoms with Gasteiger partial charge in [-0.3, -0.25) is 0 Å². The number of nitrogens with one attached hydrogen (secondary N) is 1. The SMILES string of the molecule is CCCNc1ncc(Br)c(N2CCC(C)(O)C2)n1. The van der Waals surface area contributed by atoms with Gasteiger partial charge in [-0.15, -0.1) is 0 Å². The predicted molar refractivity (Wildman–Crippen MR) is 76.0 cm³/mol. The first-order chi connectivity index (χ1) is 8.52. The molecule has 2 N–H and O–H groups in total. The van der Waals surface area contributed by atoms with E-state index < -0.39 is 5.60 Å². The summed E-state index contributed by atoms with van der Waals surface area (Å²) in [5.41, 5.74) is -0.624. The third-order valence-electron chi connectivity index (χ3n) is 3.01. The molecule has 6 heteroatoms. The minimum absolute atomic E-state index is 0.607. The van der Waals surface area contributed by atoms with Gasteiger partial charge in [-0.2, -0.15) is 4.98 Å². The van der Waals surface area contributed by atoms with Crippen molar-refractivity contribution in [2.24, 2.45) is 0 Å². The van der Waals surface area contributed by atoms with Crippen LogP contribution in [-0.2, 0) is 0 Å². The smallest absolute Gasteiger partial charge is 0.224 e. The Bertz CT molecular complexity index is 425. The van der Waals surface area contributed by atoms with E-state index in [-0.39, 0.29) is 0 Å². The highest BCUT2D eigenvalue weighted by molar-refractivity contribution is 9.10. The highest BCUT2D eigenvalue weighted by Crippen LogP contribution is 2.30. The van der Waals surface area contributed by atoms with Crippen LogP contribution in [0.5, 0.6) is 0 Å². The third-order valence-corrected chi connectivity index (χ3v) is 3.57. The van der Waals surface area contributed by atoms with Gasteiger partial charge in [0, 0.05) is 25.8 Å². The Morgan fingerprint density at radius 2 is 2.39 bits per heavy atom. The number of hydrogen-bond acceptors (Lipinski definition) is 5. The minimum Gasteiger partial charge on any atom is -0.388 e. The molecule has 0 spiro atoms.